The molecule has 0 radical (unpaired) electrons. The number of carbonyl (C=O) groups excluding carboxylic acids is 1. The van der Waals surface area contributed by atoms with E-state index in [9.17, 15) is 14.7 Å². The second-order valence-electron chi connectivity index (χ2n) is 4.04. The number of phenolic OH excluding ortho intramolecular Hbond substituents is 1. The van der Waals surface area contributed by atoms with E-state index in [1.165, 1.54) is 25.3 Å². The summed E-state index contributed by atoms with van der Waals surface area (Å²) in [5.41, 5.74) is 0.0552. The summed E-state index contributed by atoms with van der Waals surface area (Å²) in [6, 6.07) is 4.27. The third-order valence-electron chi connectivity index (χ3n) is 2.80. The Morgan fingerprint density at radius 2 is 2.11 bits per heavy atom. The van der Waals surface area contributed by atoms with Crippen LogP contribution in [0.4, 0.5) is 0 Å². The van der Waals surface area contributed by atoms with Gasteiger partial charge in [0.15, 0.2) is 0 Å². The van der Waals surface area contributed by atoms with Crippen LogP contribution < -0.4 is 10.1 Å². The Labute approximate surface area is 111 Å². The summed E-state index contributed by atoms with van der Waals surface area (Å²) in [7, 11) is 1.45. The predicted octanol–water partition coefficient (Wildman–Crippen LogP) is 1.24. The van der Waals surface area contributed by atoms with Gasteiger partial charge in [-0.2, -0.15) is 0 Å². The maximum Gasteiger partial charge on any atom is 0.308 e. The lowest BCUT2D eigenvalue weighted by Crippen LogP contribution is -2.32. The van der Waals surface area contributed by atoms with Crippen LogP contribution in [0.5, 0.6) is 11.5 Å². The van der Waals surface area contributed by atoms with Crippen molar-refractivity contribution in [3.05, 3.63) is 23.8 Å². The number of benzene rings is 1. The molecule has 1 rings (SSSR count). The van der Waals surface area contributed by atoms with Crippen LogP contribution in [0.1, 0.15) is 23.7 Å². The van der Waals surface area contributed by atoms with Gasteiger partial charge in [-0.15, -0.1) is 0 Å². The van der Waals surface area contributed by atoms with Gasteiger partial charge in [0.1, 0.15) is 11.5 Å². The fourth-order valence-corrected chi connectivity index (χ4v) is 1.54. The number of amides is 1. The summed E-state index contributed by atoms with van der Waals surface area (Å²) in [4.78, 5) is 22.7. The number of carbonyl (C=O) groups is 2. The first kappa shape index (κ1) is 14.8. The van der Waals surface area contributed by atoms with Gasteiger partial charge in [-0.05, 0) is 24.6 Å². The second kappa shape index (κ2) is 6.63. The van der Waals surface area contributed by atoms with E-state index >= 15 is 0 Å². The Bertz CT molecular complexity index is 472. The molecule has 104 valence electrons. The maximum absolute atomic E-state index is 11.9. The highest BCUT2D eigenvalue weighted by atomic mass is 16.5. The van der Waals surface area contributed by atoms with Crippen LogP contribution in [0.3, 0.4) is 0 Å². The van der Waals surface area contributed by atoms with Crippen LogP contribution in [-0.4, -0.2) is 35.7 Å². The number of phenols is 1. The van der Waals surface area contributed by atoms with Crippen molar-refractivity contribution in [2.75, 3.05) is 13.7 Å². The third kappa shape index (κ3) is 3.87. The summed E-state index contributed by atoms with van der Waals surface area (Å²) in [6.45, 7) is 1.75. The van der Waals surface area contributed by atoms with Gasteiger partial charge >= 0.3 is 5.97 Å². The Kier molecular flexibility index (Phi) is 5.17. The highest BCUT2D eigenvalue weighted by Gasteiger charge is 2.18. The first-order valence-corrected chi connectivity index (χ1v) is 5.87. The molecule has 0 aliphatic rings. The number of aromatic hydroxyl groups is 1. The number of methoxy groups -OCH3 is 1. The minimum Gasteiger partial charge on any atom is -0.507 e. The quantitative estimate of drug-likeness (QED) is 0.720. The number of aliphatic carboxylic acids is 1. The standard InChI is InChI=1S/C13H17NO5/c1-3-8(13(17)18)7-14-12(16)10-6-9(19-2)4-5-11(10)15/h4-6,8,15H,3,7H2,1-2H3,(H,14,16)(H,17,18). The zero-order valence-corrected chi connectivity index (χ0v) is 10.8. The summed E-state index contributed by atoms with van der Waals surface area (Å²) in [5.74, 6) is -1.87. The van der Waals surface area contributed by atoms with Crippen molar-refractivity contribution in [2.45, 2.75) is 13.3 Å². The first-order chi connectivity index (χ1) is 8.99. The van der Waals surface area contributed by atoms with Gasteiger partial charge in [0.25, 0.3) is 5.91 Å². The molecular formula is C13H17NO5. The van der Waals surface area contributed by atoms with Crippen molar-refractivity contribution in [1.29, 1.82) is 0 Å². The number of hydrogen-bond acceptors (Lipinski definition) is 4. The van der Waals surface area contributed by atoms with Crippen LogP contribution >= 0.6 is 0 Å². The Morgan fingerprint density at radius 1 is 1.42 bits per heavy atom. The zero-order chi connectivity index (χ0) is 14.4. The smallest absolute Gasteiger partial charge is 0.308 e. The molecule has 0 saturated heterocycles. The van der Waals surface area contributed by atoms with Gasteiger partial charge in [0.05, 0.1) is 18.6 Å². The largest absolute Gasteiger partial charge is 0.507 e. The molecule has 1 amide bonds. The number of rotatable bonds is 6. The van der Waals surface area contributed by atoms with E-state index in [4.69, 9.17) is 9.84 Å². The van der Waals surface area contributed by atoms with Crippen LogP contribution in [-0.2, 0) is 4.79 Å². The summed E-state index contributed by atoms with van der Waals surface area (Å²) < 4.78 is 4.96. The molecule has 0 aliphatic carbocycles. The molecule has 0 fully saturated rings. The monoisotopic (exact) mass is 267 g/mol. The van der Waals surface area contributed by atoms with Gasteiger partial charge in [-0.1, -0.05) is 6.92 Å². The summed E-state index contributed by atoms with van der Waals surface area (Å²) in [5, 5.41) is 21.0. The molecule has 0 saturated carbocycles. The molecule has 1 aromatic rings. The molecular weight excluding hydrogens is 250 g/mol. The summed E-state index contributed by atoms with van der Waals surface area (Å²) >= 11 is 0. The Hall–Kier alpha value is -2.24. The number of carboxylic acid groups (broad SMARTS) is 1. The topological polar surface area (TPSA) is 95.9 Å². The van der Waals surface area contributed by atoms with Crippen molar-refractivity contribution in [2.24, 2.45) is 5.92 Å². The molecule has 0 heterocycles. The highest BCUT2D eigenvalue weighted by Crippen LogP contribution is 2.22. The summed E-state index contributed by atoms with van der Waals surface area (Å²) in [6.07, 6.45) is 0.416. The number of hydrogen-bond donors (Lipinski definition) is 3. The highest BCUT2D eigenvalue weighted by molar-refractivity contribution is 5.97. The molecule has 0 spiro atoms. The van der Waals surface area contributed by atoms with Crippen LogP contribution in [0.2, 0.25) is 0 Å². The number of carboxylic acids is 1. The fourth-order valence-electron chi connectivity index (χ4n) is 1.54. The van der Waals surface area contributed by atoms with Gasteiger partial charge in [-0.3, -0.25) is 9.59 Å². The average molecular weight is 267 g/mol. The molecule has 3 N–H and O–H groups in total. The van der Waals surface area contributed by atoms with E-state index in [0.29, 0.717) is 12.2 Å². The second-order valence-corrected chi connectivity index (χ2v) is 4.04. The van der Waals surface area contributed by atoms with Crippen LogP contribution in [0.15, 0.2) is 18.2 Å². The molecule has 0 bridgehead atoms. The fraction of sp³-hybridized carbons (Fsp3) is 0.385. The number of ether oxygens (including phenoxy) is 1. The van der Waals surface area contributed by atoms with Crippen molar-refractivity contribution < 1.29 is 24.5 Å². The van der Waals surface area contributed by atoms with Gasteiger partial charge in [-0.25, -0.2) is 0 Å². The molecule has 19 heavy (non-hydrogen) atoms. The van der Waals surface area contributed by atoms with Crippen LogP contribution in [0, 0.1) is 5.92 Å². The first-order valence-electron chi connectivity index (χ1n) is 5.87. The van der Waals surface area contributed by atoms with Crippen molar-refractivity contribution in [3.8, 4) is 11.5 Å². The molecule has 6 nitrogen and oxygen atoms in total. The lowest BCUT2D eigenvalue weighted by atomic mass is 10.1. The minimum absolute atomic E-state index is 0.0152. The zero-order valence-electron chi connectivity index (χ0n) is 10.8. The van der Waals surface area contributed by atoms with Gasteiger partial charge < -0.3 is 20.3 Å². The average Bonchev–Trinajstić information content (AvgIpc) is 2.39. The van der Waals surface area contributed by atoms with Gasteiger partial charge in [0, 0.05) is 6.54 Å². The Morgan fingerprint density at radius 3 is 2.63 bits per heavy atom. The van der Waals surface area contributed by atoms with E-state index in [-0.39, 0.29) is 17.9 Å². The lowest BCUT2D eigenvalue weighted by molar-refractivity contribution is -0.141. The molecule has 0 aromatic heterocycles. The minimum atomic E-state index is -0.960. The molecule has 6 heteroatoms. The van der Waals surface area contributed by atoms with Crippen molar-refractivity contribution in [3.63, 3.8) is 0 Å². The maximum atomic E-state index is 11.9. The van der Waals surface area contributed by atoms with Gasteiger partial charge in [0.2, 0.25) is 0 Å². The van der Waals surface area contributed by atoms with Crippen molar-refractivity contribution >= 4 is 11.9 Å². The predicted molar refractivity (Wildman–Crippen MR) is 68.4 cm³/mol. The van der Waals surface area contributed by atoms with E-state index in [1.807, 2.05) is 0 Å². The lowest BCUT2D eigenvalue weighted by Gasteiger charge is -2.12. The third-order valence-corrected chi connectivity index (χ3v) is 2.80. The SMILES string of the molecule is CCC(CNC(=O)c1cc(OC)ccc1O)C(=O)O. The number of nitrogens with one attached hydrogen (secondary N) is 1. The normalized spacial score (nSPS) is 11.7. The molecule has 1 atom stereocenters. The molecule has 0 aliphatic heterocycles. The van der Waals surface area contributed by atoms with E-state index < -0.39 is 17.8 Å². The van der Waals surface area contributed by atoms with E-state index in [0.717, 1.165) is 0 Å². The molecule has 1 unspecified atom stereocenters. The van der Waals surface area contributed by atoms with E-state index in [2.05, 4.69) is 5.32 Å². The molecule has 1 aromatic carbocycles. The Balaban J connectivity index is 2.75. The van der Waals surface area contributed by atoms with Crippen molar-refractivity contribution in [1.82, 2.24) is 5.32 Å². The van der Waals surface area contributed by atoms with E-state index in [1.54, 1.807) is 6.92 Å². The van der Waals surface area contributed by atoms with Crippen LogP contribution in [0.25, 0.3) is 0 Å².